The van der Waals surface area contributed by atoms with Crippen LogP contribution in [0, 0.1) is 11.3 Å². The zero-order valence-corrected chi connectivity index (χ0v) is 12.1. The molecule has 0 saturated carbocycles. The normalized spacial score (nSPS) is 11.3. The molecule has 0 amide bonds. The first kappa shape index (κ1) is 15.5. The van der Waals surface area contributed by atoms with E-state index < -0.39 is 10.0 Å². The van der Waals surface area contributed by atoms with Gasteiger partial charge < -0.3 is 4.74 Å². The van der Waals surface area contributed by atoms with Gasteiger partial charge in [0, 0.05) is 7.05 Å². The predicted octanol–water partition coefficient (Wildman–Crippen LogP) is 1.75. The van der Waals surface area contributed by atoms with E-state index in [1.165, 1.54) is 11.4 Å². The van der Waals surface area contributed by atoms with Gasteiger partial charge in [-0.3, -0.25) is 4.31 Å². The summed E-state index contributed by atoms with van der Waals surface area (Å²) in [6, 6.07) is 8.39. The molecule has 19 heavy (non-hydrogen) atoms. The molecule has 1 rings (SSSR count). The maximum absolute atomic E-state index is 12.0. The molecule has 0 saturated heterocycles. The molecule has 104 valence electrons. The van der Waals surface area contributed by atoms with Crippen molar-refractivity contribution in [3.05, 3.63) is 29.8 Å². The Labute approximate surface area is 114 Å². The molecule has 0 fully saturated rings. The number of sulfonamides is 1. The summed E-state index contributed by atoms with van der Waals surface area (Å²) in [5.74, 6) is -0.0678. The topological polar surface area (TPSA) is 70.4 Å². The van der Waals surface area contributed by atoms with Crippen LogP contribution < -0.4 is 4.31 Å². The van der Waals surface area contributed by atoms with Crippen molar-refractivity contribution in [2.45, 2.75) is 20.0 Å². The average Bonchev–Trinajstić information content (AvgIpc) is 2.37. The van der Waals surface area contributed by atoms with Crippen molar-refractivity contribution in [3.8, 4) is 6.07 Å². The van der Waals surface area contributed by atoms with Gasteiger partial charge in [-0.15, -0.1) is 0 Å². The largest absolute Gasteiger partial charge is 0.378 e. The number of nitriles is 1. The van der Waals surface area contributed by atoms with Crippen molar-refractivity contribution in [2.75, 3.05) is 23.7 Å². The second kappa shape index (κ2) is 6.55. The number of anilines is 1. The van der Waals surface area contributed by atoms with Gasteiger partial charge in [-0.05, 0) is 38.1 Å². The highest BCUT2D eigenvalue weighted by molar-refractivity contribution is 7.92. The number of nitrogens with zero attached hydrogens (tertiary/aromatic N) is 2. The number of rotatable bonds is 6. The van der Waals surface area contributed by atoms with Crippen molar-refractivity contribution in [3.63, 3.8) is 0 Å². The third-order valence-corrected chi connectivity index (χ3v) is 4.30. The van der Waals surface area contributed by atoms with Gasteiger partial charge in [-0.25, -0.2) is 8.42 Å². The summed E-state index contributed by atoms with van der Waals surface area (Å²) in [5.41, 5.74) is 1.03. The monoisotopic (exact) mass is 282 g/mol. The lowest BCUT2D eigenvalue weighted by molar-refractivity contribution is 0.0912. The molecule has 0 radical (unpaired) electrons. The molecule has 0 aliphatic rings. The van der Waals surface area contributed by atoms with E-state index >= 15 is 0 Å². The maximum atomic E-state index is 12.0. The molecule has 0 aromatic heterocycles. The first-order valence-corrected chi connectivity index (χ1v) is 7.56. The second-order valence-electron chi connectivity index (χ2n) is 4.36. The Bertz CT molecular complexity index is 544. The van der Waals surface area contributed by atoms with Crippen LogP contribution in [-0.2, 0) is 14.8 Å². The molecule has 0 spiro atoms. The summed E-state index contributed by atoms with van der Waals surface area (Å²) in [4.78, 5) is 0. The molecule has 1 aromatic carbocycles. The van der Waals surface area contributed by atoms with Crippen LogP contribution in [0.5, 0.6) is 0 Å². The molecule has 0 unspecified atom stereocenters. The van der Waals surface area contributed by atoms with Crippen LogP contribution >= 0.6 is 0 Å². The Kier molecular flexibility index (Phi) is 5.33. The van der Waals surface area contributed by atoms with E-state index in [0.29, 0.717) is 11.3 Å². The molecule has 0 aliphatic carbocycles. The lowest BCUT2D eigenvalue weighted by Gasteiger charge is -2.19. The van der Waals surface area contributed by atoms with Crippen molar-refractivity contribution in [1.82, 2.24) is 0 Å². The third kappa shape index (κ3) is 4.54. The first-order valence-electron chi connectivity index (χ1n) is 5.95. The lowest BCUT2D eigenvalue weighted by atomic mass is 10.2. The first-order chi connectivity index (χ1) is 8.86. The minimum Gasteiger partial charge on any atom is -0.378 e. The Morgan fingerprint density at radius 1 is 1.32 bits per heavy atom. The summed E-state index contributed by atoms with van der Waals surface area (Å²) >= 11 is 0. The Hall–Kier alpha value is -1.58. The summed E-state index contributed by atoms with van der Waals surface area (Å²) in [6.07, 6.45) is 0.00965. The van der Waals surface area contributed by atoms with Crippen LogP contribution in [0.3, 0.4) is 0 Å². The van der Waals surface area contributed by atoms with E-state index in [9.17, 15) is 8.42 Å². The molecule has 0 aliphatic heterocycles. The van der Waals surface area contributed by atoms with Crippen LogP contribution in [-0.4, -0.2) is 33.9 Å². The van der Waals surface area contributed by atoms with E-state index in [2.05, 4.69) is 0 Å². The fourth-order valence-electron chi connectivity index (χ4n) is 1.43. The fraction of sp³-hybridized carbons (Fsp3) is 0.462. The second-order valence-corrected chi connectivity index (χ2v) is 6.48. The minimum atomic E-state index is -3.40. The van der Waals surface area contributed by atoms with E-state index in [1.807, 2.05) is 19.9 Å². The molecule has 0 atom stereocenters. The van der Waals surface area contributed by atoms with E-state index in [-0.39, 0.29) is 18.5 Å². The van der Waals surface area contributed by atoms with Gasteiger partial charge in [0.2, 0.25) is 10.0 Å². The highest BCUT2D eigenvalue weighted by Gasteiger charge is 2.18. The predicted molar refractivity (Wildman–Crippen MR) is 74.4 cm³/mol. The van der Waals surface area contributed by atoms with Crippen LogP contribution in [0.25, 0.3) is 0 Å². The minimum absolute atomic E-state index is 0.00965. The van der Waals surface area contributed by atoms with Crippen molar-refractivity contribution >= 4 is 15.7 Å². The van der Waals surface area contributed by atoms with Gasteiger partial charge in [0.1, 0.15) is 0 Å². The summed E-state index contributed by atoms with van der Waals surface area (Å²) in [6.45, 7) is 3.88. The van der Waals surface area contributed by atoms with Crippen LogP contribution in [0.4, 0.5) is 5.69 Å². The molecule has 6 heteroatoms. The number of benzene rings is 1. The standard InChI is InChI=1S/C13H18N2O3S/c1-11(2)18-8-9-19(16,17)15(3)13-6-4-12(10-14)5-7-13/h4-7,11H,8-9H2,1-3H3. The zero-order chi connectivity index (χ0) is 14.5. The molecule has 0 bridgehead atoms. The Morgan fingerprint density at radius 3 is 2.37 bits per heavy atom. The smallest absolute Gasteiger partial charge is 0.237 e. The van der Waals surface area contributed by atoms with Gasteiger partial charge in [0.25, 0.3) is 0 Å². The van der Waals surface area contributed by atoms with Gasteiger partial charge in [0.15, 0.2) is 0 Å². The molecular formula is C13H18N2O3S. The van der Waals surface area contributed by atoms with Crippen molar-refractivity contribution in [1.29, 1.82) is 5.26 Å². The van der Waals surface area contributed by atoms with Gasteiger partial charge >= 0.3 is 0 Å². The highest BCUT2D eigenvalue weighted by Crippen LogP contribution is 2.17. The maximum Gasteiger partial charge on any atom is 0.237 e. The summed E-state index contributed by atoms with van der Waals surface area (Å²) in [7, 11) is -1.91. The average molecular weight is 282 g/mol. The van der Waals surface area contributed by atoms with E-state index in [0.717, 1.165) is 0 Å². The van der Waals surface area contributed by atoms with Gasteiger partial charge in [-0.2, -0.15) is 5.26 Å². The summed E-state index contributed by atoms with van der Waals surface area (Å²) in [5, 5.41) is 8.70. The molecular weight excluding hydrogens is 264 g/mol. The number of ether oxygens (including phenoxy) is 1. The van der Waals surface area contributed by atoms with Crippen LogP contribution in [0.1, 0.15) is 19.4 Å². The molecule has 0 N–H and O–H groups in total. The molecule has 1 aromatic rings. The van der Waals surface area contributed by atoms with Crippen molar-refractivity contribution in [2.24, 2.45) is 0 Å². The highest BCUT2D eigenvalue weighted by atomic mass is 32.2. The van der Waals surface area contributed by atoms with E-state index in [1.54, 1.807) is 24.3 Å². The van der Waals surface area contributed by atoms with Crippen LogP contribution in [0.2, 0.25) is 0 Å². The molecule has 0 heterocycles. The number of hydrogen-bond acceptors (Lipinski definition) is 4. The lowest BCUT2D eigenvalue weighted by Crippen LogP contribution is -2.31. The number of hydrogen-bond donors (Lipinski definition) is 0. The fourth-order valence-corrected chi connectivity index (χ4v) is 2.46. The quantitative estimate of drug-likeness (QED) is 0.797. The van der Waals surface area contributed by atoms with Crippen molar-refractivity contribution < 1.29 is 13.2 Å². The van der Waals surface area contributed by atoms with Crippen LogP contribution in [0.15, 0.2) is 24.3 Å². The Morgan fingerprint density at radius 2 is 1.89 bits per heavy atom. The van der Waals surface area contributed by atoms with Gasteiger partial charge in [-0.1, -0.05) is 0 Å². The van der Waals surface area contributed by atoms with E-state index in [4.69, 9.17) is 10.00 Å². The Balaban J connectivity index is 2.74. The van der Waals surface area contributed by atoms with Gasteiger partial charge in [0.05, 0.1) is 35.8 Å². The zero-order valence-electron chi connectivity index (χ0n) is 11.3. The molecule has 5 nitrogen and oxygen atoms in total. The SMILES string of the molecule is CC(C)OCCS(=O)(=O)N(C)c1ccc(C#N)cc1. The summed E-state index contributed by atoms with van der Waals surface area (Å²) < 4.78 is 30.6. The third-order valence-electron chi connectivity index (χ3n) is 2.57.